The van der Waals surface area contributed by atoms with Crippen molar-refractivity contribution in [2.75, 3.05) is 6.26 Å². The van der Waals surface area contributed by atoms with Gasteiger partial charge in [0.1, 0.15) is 0 Å². The first-order valence-electron chi connectivity index (χ1n) is 4.45. The number of nitrogens with zero attached hydrogens (tertiary/aromatic N) is 1. The molecule has 0 atom stereocenters. The van der Waals surface area contributed by atoms with Crippen LogP contribution in [0.25, 0.3) is 11.1 Å². The van der Waals surface area contributed by atoms with Gasteiger partial charge in [0.15, 0.2) is 0 Å². The smallest absolute Gasteiger partial charge is 0.0346 e. The molecule has 0 aliphatic heterocycles. The van der Waals surface area contributed by atoms with Gasteiger partial charge in [-0.25, -0.2) is 0 Å². The van der Waals surface area contributed by atoms with Gasteiger partial charge in [-0.2, -0.15) is 0 Å². The molecule has 0 bridgehead atoms. The van der Waals surface area contributed by atoms with Gasteiger partial charge in [-0.05, 0) is 24.0 Å². The van der Waals surface area contributed by atoms with Crippen molar-refractivity contribution in [3.05, 3.63) is 48.8 Å². The highest BCUT2D eigenvalue weighted by Gasteiger charge is 2.01. The summed E-state index contributed by atoms with van der Waals surface area (Å²) in [5.41, 5.74) is 2.44. The van der Waals surface area contributed by atoms with Crippen molar-refractivity contribution < 1.29 is 0 Å². The lowest BCUT2D eigenvalue weighted by Crippen LogP contribution is -1.81. The third-order valence-electron chi connectivity index (χ3n) is 2.08. The van der Waals surface area contributed by atoms with Crippen molar-refractivity contribution in [2.45, 2.75) is 4.90 Å². The molecule has 0 aliphatic carbocycles. The van der Waals surface area contributed by atoms with Gasteiger partial charge in [-0.1, -0.05) is 24.3 Å². The van der Waals surface area contributed by atoms with Gasteiger partial charge in [0.25, 0.3) is 0 Å². The van der Waals surface area contributed by atoms with Crippen LogP contribution in [-0.2, 0) is 0 Å². The van der Waals surface area contributed by atoms with Gasteiger partial charge < -0.3 is 0 Å². The summed E-state index contributed by atoms with van der Waals surface area (Å²) < 4.78 is 0. The second kappa shape index (κ2) is 4.29. The molecule has 0 radical (unpaired) electrons. The topological polar surface area (TPSA) is 12.9 Å². The molecule has 0 saturated carbocycles. The van der Waals surface area contributed by atoms with E-state index < -0.39 is 0 Å². The van der Waals surface area contributed by atoms with Crippen LogP contribution in [0.1, 0.15) is 0 Å². The number of hydrogen-bond donors (Lipinski definition) is 0. The maximum atomic E-state index is 4.13. The van der Waals surface area contributed by atoms with E-state index in [1.807, 2.05) is 12.3 Å². The van der Waals surface area contributed by atoms with Crippen LogP contribution < -0.4 is 0 Å². The molecule has 14 heavy (non-hydrogen) atoms. The van der Waals surface area contributed by atoms with E-state index in [0.717, 1.165) is 0 Å². The molecule has 0 fully saturated rings. The summed E-state index contributed by atoms with van der Waals surface area (Å²) in [6.45, 7) is 0. The highest BCUT2D eigenvalue weighted by Crippen LogP contribution is 2.28. The van der Waals surface area contributed by atoms with Crippen LogP contribution in [0.5, 0.6) is 0 Å². The third kappa shape index (κ3) is 1.80. The van der Waals surface area contributed by atoms with Gasteiger partial charge in [0, 0.05) is 22.9 Å². The van der Waals surface area contributed by atoms with Crippen molar-refractivity contribution in [3.8, 4) is 11.1 Å². The Morgan fingerprint density at radius 3 is 2.64 bits per heavy atom. The molecule has 70 valence electrons. The Bertz CT molecular complexity index is 412. The summed E-state index contributed by atoms with van der Waals surface area (Å²) >= 11 is 1.76. The van der Waals surface area contributed by atoms with Crippen LogP contribution in [0.15, 0.2) is 53.7 Å². The summed E-state index contributed by atoms with van der Waals surface area (Å²) in [5, 5.41) is 0. The molecule has 2 aromatic rings. The molecule has 1 aromatic heterocycles. The average molecular weight is 201 g/mol. The summed E-state index contributed by atoms with van der Waals surface area (Å²) in [4.78, 5) is 5.42. The first kappa shape index (κ1) is 9.28. The van der Waals surface area contributed by atoms with Crippen LogP contribution in [0.3, 0.4) is 0 Å². The second-order valence-corrected chi connectivity index (χ2v) is 3.79. The summed E-state index contributed by atoms with van der Waals surface area (Å²) in [6, 6.07) is 12.4. The maximum Gasteiger partial charge on any atom is 0.0346 e. The van der Waals surface area contributed by atoms with E-state index in [9.17, 15) is 0 Å². The Morgan fingerprint density at radius 1 is 1.07 bits per heavy atom. The normalized spacial score (nSPS) is 10.1. The molecule has 0 amide bonds. The highest BCUT2D eigenvalue weighted by molar-refractivity contribution is 7.98. The molecule has 0 unspecified atom stereocenters. The number of hydrogen-bond acceptors (Lipinski definition) is 2. The molecule has 2 rings (SSSR count). The first-order chi connectivity index (χ1) is 6.92. The predicted octanol–water partition coefficient (Wildman–Crippen LogP) is 3.47. The molecule has 2 heteroatoms. The van der Waals surface area contributed by atoms with Crippen molar-refractivity contribution in [1.29, 1.82) is 0 Å². The summed E-state index contributed by atoms with van der Waals surface area (Å²) in [7, 11) is 0. The lowest BCUT2D eigenvalue weighted by Gasteiger charge is -2.05. The Hall–Kier alpha value is -1.28. The van der Waals surface area contributed by atoms with Crippen LogP contribution in [-0.4, -0.2) is 11.2 Å². The zero-order valence-corrected chi connectivity index (χ0v) is 8.79. The lowest BCUT2D eigenvalue weighted by atomic mass is 10.1. The Kier molecular flexibility index (Phi) is 2.84. The highest BCUT2D eigenvalue weighted by atomic mass is 32.2. The third-order valence-corrected chi connectivity index (χ3v) is 2.88. The fourth-order valence-corrected chi connectivity index (χ4v) is 2.03. The van der Waals surface area contributed by atoms with Gasteiger partial charge in [0.05, 0.1) is 0 Å². The molecule has 0 saturated heterocycles. The van der Waals surface area contributed by atoms with E-state index >= 15 is 0 Å². The van der Waals surface area contributed by atoms with Crippen molar-refractivity contribution >= 4 is 11.8 Å². The Balaban J connectivity index is 2.51. The zero-order chi connectivity index (χ0) is 9.80. The van der Waals surface area contributed by atoms with Gasteiger partial charge >= 0.3 is 0 Å². The molecule has 1 heterocycles. The fourth-order valence-electron chi connectivity index (χ4n) is 1.41. The van der Waals surface area contributed by atoms with E-state index in [1.165, 1.54) is 16.0 Å². The van der Waals surface area contributed by atoms with E-state index in [1.54, 1.807) is 18.0 Å². The monoisotopic (exact) mass is 201 g/mol. The van der Waals surface area contributed by atoms with Gasteiger partial charge in [0.2, 0.25) is 0 Å². The fraction of sp³-hybridized carbons (Fsp3) is 0.0833. The molecular weight excluding hydrogens is 190 g/mol. The molecular formula is C12H11NS. The average Bonchev–Trinajstić information content (AvgIpc) is 2.30. The van der Waals surface area contributed by atoms with Crippen LogP contribution in [0, 0.1) is 0 Å². The Morgan fingerprint density at radius 2 is 1.93 bits per heavy atom. The minimum atomic E-state index is 1.18. The largest absolute Gasteiger partial charge is 0.264 e. The maximum absolute atomic E-state index is 4.13. The minimum absolute atomic E-state index is 1.18. The second-order valence-electron chi connectivity index (χ2n) is 2.94. The molecule has 1 aromatic carbocycles. The van der Waals surface area contributed by atoms with Crippen molar-refractivity contribution in [2.24, 2.45) is 0 Å². The van der Waals surface area contributed by atoms with Crippen LogP contribution in [0.2, 0.25) is 0 Å². The van der Waals surface area contributed by atoms with Crippen LogP contribution >= 0.6 is 11.8 Å². The number of aromatic nitrogens is 1. The number of pyridine rings is 1. The number of rotatable bonds is 2. The van der Waals surface area contributed by atoms with E-state index in [0.29, 0.717) is 0 Å². The predicted molar refractivity (Wildman–Crippen MR) is 61.5 cm³/mol. The van der Waals surface area contributed by atoms with Crippen molar-refractivity contribution in [1.82, 2.24) is 4.98 Å². The standard InChI is InChI=1S/C12H11NS/c1-14-12-7-3-2-6-11(12)10-5-4-8-13-9-10/h2-9H,1H3. The van der Waals surface area contributed by atoms with E-state index in [-0.39, 0.29) is 0 Å². The van der Waals surface area contributed by atoms with Crippen molar-refractivity contribution in [3.63, 3.8) is 0 Å². The molecule has 1 nitrogen and oxygen atoms in total. The Labute approximate surface area is 88.2 Å². The molecule has 0 spiro atoms. The minimum Gasteiger partial charge on any atom is -0.264 e. The van der Waals surface area contributed by atoms with E-state index in [4.69, 9.17) is 0 Å². The summed E-state index contributed by atoms with van der Waals surface area (Å²) in [6.07, 6.45) is 5.79. The molecule has 0 N–H and O–H groups in total. The number of benzene rings is 1. The van der Waals surface area contributed by atoms with E-state index in [2.05, 4.69) is 41.6 Å². The SMILES string of the molecule is CSc1ccccc1-c1cccnc1. The zero-order valence-electron chi connectivity index (χ0n) is 7.97. The number of thioether (sulfide) groups is 1. The first-order valence-corrected chi connectivity index (χ1v) is 5.67. The summed E-state index contributed by atoms with van der Waals surface area (Å²) in [5.74, 6) is 0. The van der Waals surface area contributed by atoms with Gasteiger partial charge in [-0.3, -0.25) is 4.98 Å². The molecule has 0 aliphatic rings. The lowest BCUT2D eigenvalue weighted by molar-refractivity contribution is 1.31. The quantitative estimate of drug-likeness (QED) is 0.690. The van der Waals surface area contributed by atoms with Crippen LogP contribution in [0.4, 0.5) is 0 Å². The van der Waals surface area contributed by atoms with Gasteiger partial charge in [-0.15, -0.1) is 11.8 Å².